The molecule has 0 fully saturated rings. The van der Waals surface area contributed by atoms with Gasteiger partial charge in [-0.15, -0.1) is 0 Å². The molecule has 0 radical (unpaired) electrons. The average molecular weight is 309 g/mol. The van der Waals surface area contributed by atoms with Crippen LogP contribution in [0.25, 0.3) is 0 Å². The van der Waals surface area contributed by atoms with Gasteiger partial charge in [-0.1, -0.05) is 41.9 Å². The normalized spacial score (nSPS) is 12.9. The van der Waals surface area contributed by atoms with Gasteiger partial charge in [0.15, 0.2) is 15.6 Å². The Morgan fingerprint density at radius 2 is 1.55 bits per heavy atom. The number of carbonyl (C=O) groups is 1. The highest BCUT2D eigenvalue weighted by molar-refractivity contribution is 7.92. The highest BCUT2D eigenvalue weighted by Gasteiger charge is 2.31. The SMILES string of the molecule is CC(C(=O)c1ccccc1Cl)S(=O)(=O)c1ccccc1. The number of hydrogen-bond donors (Lipinski definition) is 0. The van der Waals surface area contributed by atoms with Crippen LogP contribution < -0.4 is 0 Å². The van der Waals surface area contributed by atoms with Crippen LogP contribution >= 0.6 is 11.6 Å². The van der Waals surface area contributed by atoms with Gasteiger partial charge in [-0.2, -0.15) is 0 Å². The zero-order valence-corrected chi connectivity index (χ0v) is 12.4. The molecule has 0 heterocycles. The van der Waals surface area contributed by atoms with Crippen LogP contribution in [0.2, 0.25) is 5.02 Å². The van der Waals surface area contributed by atoms with E-state index in [9.17, 15) is 13.2 Å². The standard InChI is InChI=1S/C15H13ClO3S/c1-11(15(17)13-9-5-6-10-14(13)16)20(18,19)12-7-3-2-4-8-12/h2-11H,1H3. The minimum atomic E-state index is -3.71. The maximum atomic E-state index is 12.4. The predicted molar refractivity (Wildman–Crippen MR) is 78.9 cm³/mol. The molecule has 0 aliphatic heterocycles. The van der Waals surface area contributed by atoms with E-state index >= 15 is 0 Å². The van der Waals surface area contributed by atoms with Crippen LogP contribution in [0.1, 0.15) is 17.3 Å². The van der Waals surface area contributed by atoms with Gasteiger partial charge in [0, 0.05) is 5.56 Å². The summed E-state index contributed by atoms with van der Waals surface area (Å²) in [5, 5.41) is -0.919. The second-order valence-corrected chi connectivity index (χ2v) is 7.02. The van der Waals surface area contributed by atoms with Gasteiger partial charge in [-0.3, -0.25) is 4.79 Å². The Balaban J connectivity index is 2.39. The van der Waals surface area contributed by atoms with Crippen molar-refractivity contribution in [2.45, 2.75) is 17.1 Å². The highest BCUT2D eigenvalue weighted by Crippen LogP contribution is 2.22. The summed E-state index contributed by atoms with van der Waals surface area (Å²) < 4.78 is 24.8. The molecule has 1 atom stereocenters. The van der Waals surface area contributed by atoms with Crippen molar-refractivity contribution < 1.29 is 13.2 Å². The van der Waals surface area contributed by atoms with Gasteiger partial charge in [0.2, 0.25) is 0 Å². The second kappa shape index (κ2) is 5.77. The first-order valence-corrected chi connectivity index (χ1v) is 7.94. The summed E-state index contributed by atoms with van der Waals surface area (Å²) in [5.41, 5.74) is 0.223. The first-order valence-electron chi connectivity index (χ1n) is 6.02. The summed E-state index contributed by atoms with van der Waals surface area (Å²) in [6.45, 7) is 1.38. The molecule has 0 aliphatic rings. The molecule has 5 heteroatoms. The number of hydrogen-bond acceptors (Lipinski definition) is 3. The lowest BCUT2D eigenvalue weighted by atomic mass is 10.1. The molecule has 0 aromatic heterocycles. The zero-order valence-electron chi connectivity index (χ0n) is 10.8. The summed E-state index contributed by atoms with van der Waals surface area (Å²) in [7, 11) is -3.71. The van der Waals surface area contributed by atoms with E-state index < -0.39 is 20.9 Å². The lowest BCUT2D eigenvalue weighted by Crippen LogP contribution is -2.27. The van der Waals surface area contributed by atoms with Crippen LogP contribution in [0.4, 0.5) is 0 Å². The molecule has 2 rings (SSSR count). The molecule has 0 saturated heterocycles. The van der Waals surface area contributed by atoms with E-state index in [0.29, 0.717) is 0 Å². The van der Waals surface area contributed by atoms with Gasteiger partial charge >= 0.3 is 0 Å². The second-order valence-electron chi connectivity index (χ2n) is 4.34. The Hall–Kier alpha value is -1.65. The van der Waals surface area contributed by atoms with E-state index in [4.69, 9.17) is 11.6 Å². The topological polar surface area (TPSA) is 51.2 Å². The van der Waals surface area contributed by atoms with Gasteiger partial charge in [0.1, 0.15) is 5.25 Å². The van der Waals surface area contributed by atoms with Crippen LogP contribution in [0.15, 0.2) is 59.5 Å². The van der Waals surface area contributed by atoms with E-state index in [-0.39, 0.29) is 15.5 Å². The van der Waals surface area contributed by atoms with E-state index in [2.05, 4.69) is 0 Å². The van der Waals surface area contributed by atoms with E-state index in [0.717, 1.165) is 0 Å². The van der Waals surface area contributed by atoms with E-state index in [1.807, 2.05) is 0 Å². The predicted octanol–water partition coefficient (Wildman–Crippen LogP) is 3.39. The molecule has 2 aromatic carbocycles. The molecule has 0 bridgehead atoms. The zero-order chi connectivity index (χ0) is 14.8. The van der Waals surface area contributed by atoms with Crippen LogP contribution in [-0.2, 0) is 9.84 Å². The molecular formula is C15H13ClO3S. The van der Waals surface area contributed by atoms with E-state index in [1.165, 1.54) is 25.1 Å². The van der Waals surface area contributed by atoms with Crippen LogP contribution in [-0.4, -0.2) is 19.5 Å². The quantitative estimate of drug-likeness (QED) is 0.814. The van der Waals surface area contributed by atoms with Gasteiger partial charge < -0.3 is 0 Å². The molecule has 0 amide bonds. The van der Waals surface area contributed by atoms with E-state index in [1.54, 1.807) is 36.4 Å². The average Bonchev–Trinajstić information content (AvgIpc) is 2.47. The lowest BCUT2D eigenvalue weighted by molar-refractivity contribution is 0.0991. The molecule has 0 spiro atoms. The summed E-state index contributed by atoms with van der Waals surface area (Å²) in [4.78, 5) is 12.5. The summed E-state index contributed by atoms with van der Waals surface area (Å²) >= 11 is 5.94. The maximum absolute atomic E-state index is 12.4. The smallest absolute Gasteiger partial charge is 0.188 e. The number of carbonyl (C=O) groups excluding carboxylic acids is 1. The third kappa shape index (κ3) is 2.76. The summed E-state index contributed by atoms with van der Waals surface area (Å²) in [5.74, 6) is -0.501. The number of benzene rings is 2. The molecular weight excluding hydrogens is 296 g/mol. The Kier molecular flexibility index (Phi) is 4.26. The van der Waals surface area contributed by atoms with Crippen molar-refractivity contribution >= 4 is 27.2 Å². The third-order valence-electron chi connectivity index (χ3n) is 3.05. The van der Waals surface area contributed by atoms with Crippen molar-refractivity contribution in [3.63, 3.8) is 0 Å². The van der Waals surface area contributed by atoms with Crippen molar-refractivity contribution in [3.05, 3.63) is 65.2 Å². The highest BCUT2D eigenvalue weighted by atomic mass is 35.5. The minimum absolute atomic E-state index is 0.132. The lowest BCUT2D eigenvalue weighted by Gasteiger charge is -2.13. The number of rotatable bonds is 4. The summed E-state index contributed by atoms with van der Waals surface area (Å²) in [6.07, 6.45) is 0. The van der Waals surface area contributed by atoms with Gasteiger partial charge in [0.05, 0.1) is 9.92 Å². The Morgan fingerprint density at radius 1 is 1.00 bits per heavy atom. The Bertz CT molecular complexity index is 724. The minimum Gasteiger partial charge on any atom is -0.293 e. The van der Waals surface area contributed by atoms with Crippen LogP contribution in [0.5, 0.6) is 0 Å². The molecule has 3 nitrogen and oxygen atoms in total. The summed E-state index contributed by atoms with van der Waals surface area (Å²) in [6, 6.07) is 14.4. The van der Waals surface area contributed by atoms with Crippen molar-refractivity contribution in [1.82, 2.24) is 0 Å². The first kappa shape index (κ1) is 14.8. The van der Waals surface area contributed by atoms with Crippen molar-refractivity contribution in [1.29, 1.82) is 0 Å². The van der Waals surface area contributed by atoms with Crippen molar-refractivity contribution in [3.8, 4) is 0 Å². The molecule has 0 aliphatic carbocycles. The number of sulfone groups is 1. The van der Waals surface area contributed by atoms with Gasteiger partial charge in [-0.05, 0) is 31.2 Å². The van der Waals surface area contributed by atoms with Crippen molar-refractivity contribution in [2.75, 3.05) is 0 Å². The molecule has 0 N–H and O–H groups in total. The van der Waals surface area contributed by atoms with Crippen molar-refractivity contribution in [2.24, 2.45) is 0 Å². The Labute approximate surface area is 123 Å². The van der Waals surface area contributed by atoms with Crippen LogP contribution in [0.3, 0.4) is 0 Å². The number of Topliss-reactive ketones (excluding diaryl/α,β-unsaturated/α-hetero) is 1. The van der Waals surface area contributed by atoms with Gasteiger partial charge in [-0.25, -0.2) is 8.42 Å². The maximum Gasteiger partial charge on any atom is 0.188 e. The Morgan fingerprint density at radius 3 is 2.15 bits per heavy atom. The number of halogens is 1. The fourth-order valence-electron chi connectivity index (χ4n) is 1.84. The molecule has 20 heavy (non-hydrogen) atoms. The van der Waals surface area contributed by atoms with Crippen LogP contribution in [0, 0.1) is 0 Å². The molecule has 0 saturated carbocycles. The monoisotopic (exact) mass is 308 g/mol. The number of ketones is 1. The fraction of sp³-hybridized carbons (Fsp3) is 0.133. The molecule has 1 unspecified atom stereocenters. The molecule has 104 valence electrons. The van der Waals surface area contributed by atoms with Gasteiger partial charge in [0.25, 0.3) is 0 Å². The first-order chi connectivity index (χ1) is 9.44. The largest absolute Gasteiger partial charge is 0.293 e. The molecule has 2 aromatic rings. The third-order valence-corrected chi connectivity index (χ3v) is 5.45. The fourth-order valence-corrected chi connectivity index (χ4v) is 3.42.